The molecule has 1 aliphatic rings. The van der Waals surface area contributed by atoms with Gasteiger partial charge in [-0.2, -0.15) is 0 Å². The van der Waals surface area contributed by atoms with Crippen molar-refractivity contribution in [2.75, 3.05) is 31.0 Å². The van der Waals surface area contributed by atoms with Gasteiger partial charge in [0, 0.05) is 18.7 Å². The fourth-order valence-corrected chi connectivity index (χ4v) is 3.53. The van der Waals surface area contributed by atoms with Crippen molar-refractivity contribution in [2.24, 2.45) is 0 Å². The van der Waals surface area contributed by atoms with Crippen molar-refractivity contribution in [1.82, 2.24) is 4.98 Å². The van der Waals surface area contributed by atoms with Gasteiger partial charge in [0.05, 0.1) is 26.1 Å². The van der Waals surface area contributed by atoms with Crippen molar-refractivity contribution in [1.29, 1.82) is 0 Å². The smallest absolute Gasteiger partial charge is 0.256 e. The van der Waals surface area contributed by atoms with E-state index in [1.54, 1.807) is 32.5 Å². The Hall–Kier alpha value is -3.54. The van der Waals surface area contributed by atoms with Gasteiger partial charge in [-0.25, -0.2) is 4.98 Å². The molecule has 29 heavy (non-hydrogen) atoms. The molecular weight excluding hydrogens is 366 g/mol. The average molecular weight is 389 g/mol. The number of nitrogens with one attached hydrogen (secondary N) is 1. The number of carbonyl (C=O) groups is 1. The summed E-state index contributed by atoms with van der Waals surface area (Å²) < 4.78 is 10.8. The van der Waals surface area contributed by atoms with E-state index in [-0.39, 0.29) is 5.91 Å². The summed E-state index contributed by atoms with van der Waals surface area (Å²) in [7, 11) is 3.31. The summed E-state index contributed by atoms with van der Waals surface area (Å²) in [4.78, 5) is 19.0. The van der Waals surface area contributed by atoms with Gasteiger partial charge in [-0.15, -0.1) is 0 Å². The van der Waals surface area contributed by atoms with E-state index in [4.69, 9.17) is 9.47 Å². The summed E-state index contributed by atoms with van der Waals surface area (Å²) in [6.07, 6.45) is 2.72. The van der Waals surface area contributed by atoms with Gasteiger partial charge in [-0.1, -0.05) is 18.2 Å². The Morgan fingerprint density at radius 2 is 1.72 bits per heavy atom. The molecule has 0 spiro atoms. The molecule has 6 heteroatoms. The van der Waals surface area contributed by atoms with Gasteiger partial charge < -0.3 is 19.7 Å². The Morgan fingerprint density at radius 1 is 1.00 bits per heavy atom. The van der Waals surface area contributed by atoms with E-state index in [1.807, 2.05) is 36.4 Å². The molecule has 0 aliphatic carbocycles. The molecule has 2 heterocycles. The molecule has 6 nitrogen and oxygen atoms in total. The predicted molar refractivity (Wildman–Crippen MR) is 113 cm³/mol. The Kier molecular flexibility index (Phi) is 5.33. The summed E-state index contributed by atoms with van der Waals surface area (Å²) in [5.41, 5.74) is 4.12. The third-order valence-electron chi connectivity index (χ3n) is 5.11. The number of nitrogens with zero attached hydrogens (tertiary/aromatic N) is 2. The standard InChI is InChI=1S/C23H23N3O3/c1-28-20-12-17-10-11-26(15-18(17)13-21(20)29-2)19-8-9-22(24-14-19)25-23(27)16-6-4-3-5-7-16/h3-9,12-14H,10-11,15H2,1-2H3,(H,24,25,27). The number of hydrogen-bond acceptors (Lipinski definition) is 5. The average Bonchev–Trinajstić information content (AvgIpc) is 2.78. The molecule has 4 rings (SSSR count). The van der Waals surface area contributed by atoms with Crippen molar-refractivity contribution < 1.29 is 14.3 Å². The molecule has 2 aromatic carbocycles. The van der Waals surface area contributed by atoms with Crippen molar-refractivity contribution in [3.05, 3.63) is 77.5 Å². The molecule has 0 bridgehead atoms. The highest BCUT2D eigenvalue weighted by Gasteiger charge is 2.20. The number of methoxy groups -OCH3 is 2. The van der Waals surface area contributed by atoms with Crippen molar-refractivity contribution in [3.8, 4) is 11.5 Å². The summed E-state index contributed by atoms with van der Waals surface area (Å²) in [6.45, 7) is 1.66. The lowest BCUT2D eigenvalue weighted by Crippen LogP contribution is -2.30. The monoisotopic (exact) mass is 389 g/mol. The Bertz CT molecular complexity index is 1000. The quantitative estimate of drug-likeness (QED) is 0.717. The van der Waals surface area contributed by atoms with Crippen LogP contribution in [0.25, 0.3) is 0 Å². The van der Waals surface area contributed by atoms with Crippen LogP contribution in [0.1, 0.15) is 21.5 Å². The van der Waals surface area contributed by atoms with E-state index >= 15 is 0 Å². The van der Waals surface area contributed by atoms with Crippen LogP contribution in [0.15, 0.2) is 60.8 Å². The number of ether oxygens (including phenoxy) is 2. The molecule has 0 unspecified atom stereocenters. The lowest BCUT2D eigenvalue weighted by molar-refractivity contribution is 0.102. The van der Waals surface area contributed by atoms with Crippen LogP contribution in [0.3, 0.4) is 0 Å². The van der Waals surface area contributed by atoms with Gasteiger partial charge in [-0.05, 0) is 53.9 Å². The zero-order valence-electron chi connectivity index (χ0n) is 16.5. The molecule has 3 aromatic rings. The number of aromatic nitrogens is 1. The largest absolute Gasteiger partial charge is 0.493 e. The topological polar surface area (TPSA) is 63.7 Å². The molecule has 1 N–H and O–H groups in total. The Balaban J connectivity index is 1.47. The molecule has 148 valence electrons. The zero-order valence-corrected chi connectivity index (χ0v) is 16.5. The highest BCUT2D eigenvalue weighted by atomic mass is 16.5. The van der Waals surface area contributed by atoms with Gasteiger partial charge in [0.25, 0.3) is 5.91 Å². The lowest BCUT2D eigenvalue weighted by Gasteiger charge is -2.31. The van der Waals surface area contributed by atoms with E-state index in [0.717, 1.165) is 36.7 Å². The number of anilines is 2. The van der Waals surface area contributed by atoms with Crippen molar-refractivity contribution in [3.63, 3.8) is 0 Å². The maximum absolute atomic E-state index is 12.3. The van der Waals surface area contributed by atoms with Crippen LogP contribution < -0.4 is 19.7 Å². The van der Waals surface area contributed by atoms with E-state index in [0.29, 0.717) is 11.4 Å². The van der Waals surface area contributed by atoms with Crippen LogP contribution >= 0.6 is 0 Å². The number of hydrogen-bond donors (Lipinski definition) is 1. The second-order valence-corrected chi connectivity index (χ2v) is 6.87. The van der Waals surface area contributed by atoms with Crippen LogP contribution in [0.2, 0.25) is 0 Å². The van der Waals surface area contributed by atoms with E-state index in [2.05, 4.69) is 21.3 Å². The summed E-state index contributed by atoms with van der Waals surface area (Å²) >= 11 is 0. The first-order valence-corrected chi connectivity index (χ1v) is 9.49. The van der Waals surface area contributed by atoms with Gasteiger partial charge in [0.2, 0.25) is 0 Å². The highest BCUT2D eigenvalue weighted by Crippen LogP contribution is 2.34. The maximum Gasteiger partial charge on any atom is 0.256 e. The number of amides is 1. The molecule has 1 amide bonds. The molecule has 0 radical (unpaired) electrons. The van der Waals surface area contributed by atoms with E-state index in [9.17, 15) is 4.79 Å². The first kappa shape index (κ1) is 18.8. The third kappa shape index (κ3) is 4.01. The first-order valence-electron chi connectivity index (χ1n) is 9.49. The molecular formula is C23H23N3O3. The fraction of sp³-hybridized carbons (Fsp3) is 0.217. The van der Waals surface area contributed by atoms with Gasteiger partial charge in [-0.3, -0.25) is 4.79 Å². The normalized spacial score (nSPS) is 12.8. The van der Waals surface area contributed by atoms with Gasteiger partial charge >= 0.3 is 0 Å². The van der Waals surface area contributed by atoms with Gasteiger partial charge in [0.1, 0.15) is 5.82 Å². The zero-order chi connectivity index (χ0) is 20.2. The van der Waals surface area contributed by atoms with Crippen LogP contribution in [0.5, 0.6) is 11.5 Å². The second kappa shape index (κ2) is 8.22. The fourth-order valence-electron chi connectivity index (χ4n) is 3.53. The maximum atomic E-state index is 12.3. The molecule has 0 saturated heterocycles. The van der Waals surface area contributed by atoms with Crippen molar-refractivity contribution >= 4 is 17.4 Å². The van der Waals surface area contributed by atoms with Crippen LogP contribution in [0.4, 0.5) is 11.5 Å². The van der Waals surface area contributed by atoms with E-state index < -0.39 is 0 Å². The van der Waals surface area contributed by atoms with Gasteiger partial charge in [0.15, 0.2) is 11.5 Å². The number of benzene rings is 2. The van der Waals surface area contributed by atoms with Crippen LogP contribution in [0, 0.1) is 0 Å². The van der Waals surface area contributed by atoms with Crippen LogP contribution in [-0.2, 0) is 13.0 Å². The minimum absolute atomic E-state index is 0.168. The first-order chi connectivity index (χ1) is 14.2. The van der Waals surface area contributed by atoms with Crippen LogP contribution in [-0.4, -0.2) is 31.7 Å². The Labute approximate surface area is 170 Å². The number of rotatable bonds is 5. The number of pyridine rings is 1. The molecule has 0 fully saturated rings. The summed E-state index contributed by atoms with van der Waals surface area (Å²) in [6, 6.07) is 17.0. The highest BCUT2D eigenvalue weighted by molar-refractivity contribution is 6.03. The number of fused-ring (bicyclic) bond motifs is 1. The van der Waals surface area contributed by atoms with Crippen molar-refractivity contribution in [2.45, 2.75) is 13.0 Å². The molecule has 1 aromatic heterocycles. The predicted octanol–water partition coefficient (Wildman–Crippen LogP) is 3.91. The lowest BCUT2D eigenvalue weighted by atomic mass is 9.98. The molecule has 0 saturated carbocycles. The molecule has 0 atom stereocenters. The third-order valence-corrected chi connectivity index (χ3v) is 5.11. The van der Waals surface area contributed by atoms with E-state index in [1.165, 1.54) is 11.1 Å². The second-order valence-electron chi connectivity index (χ2n) is 6.87. The Morgan fingerprint density at radius 3 is 2.38 bits per heavy atom. The SMILES string of the molecule is COc1cc2c(cc1OC)CN(c1ccc(NC(=O)c3ccccc3)nc1)CC2. The summed E-state index contributed by atoms with van der Waals surface area (Å²) in [5.74, 6) is 1.87. The molecule has 1 aliphatic heterocycles. The summed E-state index contributed by atoms with van der Waals surface area (Å²) in [5, 5.41) is 2.83. The number of carbonyl (C=O) groups excluding carboxylic acids is 1. The minimum Gasteiger partial charge on any atom is -0.493 e. The minimum atomic E-state index is -0.168.